The van der Waals surface area contributed by atoms with E-state index in [1.807, 2.05) is 13.8 Å². The highest BCUT2D eigenvalue weighted by atomic mass is 35.5. The van der Waals surface area contributed by atoms with Crippen molar-refractivity contribution in [3.8, 4) is 5.75 Å². The lowest BCUT2D eigenvalue weighted by molar-refractivity contribution is -0.127. The summed E-state index contributed by atoms with van der Waals surface area (Å²) in [7, 11) is 0. The largest absolute Gasteiger partial charge is 0.479 e. The van der Waals surface area contributed by atoms with Gasteiger partial charge in [0.1, 0.15) is 5.75 Å². The van der Waals surface area contributed by atoms with E-state index in [4.69, 9.17) is 33.7 Å². The summed E-state index contributed by atoms with van der Waals surface area (Å²) in [6, 6.07) is 3.35. The minimum absolute atomic E-state index is 0.173. The predicted molar refractivity (Wildman–Crippen MR) is 87.2 cm³/mol. The molecule has 0 spiro atoms. The van der Waals surface area contributed by atoms with E-state index in [2.05, 4.69) is 5.32 Å². The summed E-state index contributed by atoms with van der Waals surface area (Å²) in [5, 5.41) is 3.73. The molecule has 0 aliphatic carbocycles. The molecule has 0 saturated carbocycles. The summed E-state index contributed by atoms with van der Waals surface area (Å²) in [6.45, 7) is 6.80. The lowest BCUT2D eigenvalue weighted by Gasteiger charge is -2.19. The van der Waals surface area contributed by atoms with Crippen LogP contribution in [-0.4, -0.2) is 25.1 Å². The molecule has 1 aromatic carbocycles. The molecule has 1 aromatic rings. The zero-order valence-electron chi connectivity index (χ0n) is 12.6. The normalized spacial score (nSPS) is 12.3. The monoisotopic (exact) mass is 332 g/mol. The first kappa shape index (κ1) is 18.1. The van der Waals surface area contributed by atoms with E-state index in [-0.39, 0.29) is 5.91 Å². The zero-order valence-corrected chi connectivity index (χ0v) is 14.1. The Labute approximate surface area is 135 Å². The van der Waals surface area contributed by atoms with Crippen molar-refractivity contribution in [3.05, 3.63) is 27.7 Å². The highest BCUT2D eigenvalue weighted by molar-refractivity contribution is 6.35. The Bertz CT molecular complexity index is 493. The first-order chi connectivity index (χ1) is 9.85. The summed E-state index contributed by atoms with van der Waals surface area (Å²) < 4.78 is 5.72. The van der Waals surface area contributed by atoms with E-state index < -0.39 is 6.10 Å². The summed E-state index contributed by atoms with van der Waals surface area (Å²) in [6.07, 6.45) is -0.0605. The van der Waals surface area contributed by atoms with Crippen LogP contribution in [0.15, 0.2) is 12.1 Å². The maximum atomic E-state index is 12.0. The van der Waals surface area contributed by atoms with Crippen LogP contribution in [0.2, 0.25) is 10.0 Å². The second kappa shape index (κ2) is 8.47. The first-order valence-corrected chi connectivity index (χ1v) is 7.73. The van der Waals surface area contributed by atoms with Crippen LogP contribution in [0.3, 0.4) is 0 Å². The van der Waals surface area contributed by atoms with Crippen LogP contribution < -0.4 is 15.8 Å². The summed E-state index contributed by atoms with van der Waals surface area (Å²) in [4.78, 5) is 12.0. The number of carbonyl (C=O) groups excluding carboxylic acids is 1. The van der Waals surface area contributed by atoms with Gasteiger partial charge in [0.25, 0.3) is 5.91 Å². The SMILES string of the molecule is CC(C)CNC(=O)C(C)Oc1c(Cl)cc(Cl)cc1CCN. The molecule has 0 heterocycles. The molecular weight excluding hydrogens is 311 g/mol. The standard InChI is InChI=1S/C15H22Cl2N2O2/c1-9(2)8-19-15(20)10(3)21-14-11(4-5-18)6-12(16)7-13(14)17/h6-7,9-10H,4-5,8,18H2,1-3H3,(H,19,20). The number of carbonyl (C=O) groups is 1. The van der Waals surface area contributed by atoms with E-state index >= 15 is 0 Å². The van der Waals surface area contributed by atoms with Crippen molar-refractivity contribution < 1.29 is 9.53 Å². The average molecular weight is 333 g/mol. The van der Waals surface area contributed by atoms with Gasteiger partial charge in [-0.3, -0.25) is 4.79 Å². The van der Waals surface area contributed by atoms with Crippen molar-refractivity contribution in [3.63, 3.8) is 0 Å². The Balaban J connectivity index is 2.83. The van der Waals surface area contributed by atoms with Gasteiger partial charge in [0.05, 0.1) is 5.02 Å². The molecule has 0 aromatic heterocycles. The number of hydrogen-bond acceptors (Lipinski definition) is 3. The number of amides is 1. The number of nitrogens with two attached hydrogens (primary N) is 1. The smallest absolute Gasteiger partial charge is 0.260 e. The summed E-state index contributed by atoms with van der Waals surface area (Å²) in [5.74, 6) is 0.681. The molecule has 0 bridgehead atoms. The summed E-state index contributed by atoms with van der Waals surface area (Å²) in [5.41, 5.74) is 6.38. The fraction of sp³-hybridized carbons (Fsp3) is 0.533. The molecule has 3 N–H and O–H groups in total. The first-order valence-electron chi connectivity index (χ1n) is 6.97. The lowest BCUT2D eigenvalue weighted by Crippen LogP contribution is -2.38. The molecule has 0 fully saturated rings. The Morgan fingerprint density at radius 3 is 2.57 bits per heavy atom. The number of halogens is 2. The van der Waals surface area contributed by atoms with Crippen LogP contribution in [0.4, 0.5) is 0 Å². The van der Waals surface area contributed by atoms with Crippen LogP contribution in [0, 0.1) is 5.92 Å². The second-order valence-corrected chi connectivity index (χ2v) is 6.16. The molecule has 1 amide bonds. The van der Waals surface area contributed by atoms with Gasteiger partial charge in [-0.2, -0.15) is 0 Å². The molecule has 0 aliphatic heterocycles. The lowest BCUT2D eigenvalue weighted by atomic mass is 10.1. The van der Waals surface area contributed by atoms with E-state index in [1.165, 1.54) is 0 Å². The molecule has 1 atom stereocenters. The van der Waals surface area contributed by atoms with Gasteiger partial charge in [-0.05, 0) is 43.5 Å². The molecule has 1 rings (SSSR count). The van der Waals surface area contributed by atoms with Gasteiger partial charge >= 0.3 is 0 Å². The fourth-order valence-corrected chi connectivity index (χ4v) is 2.35. The van der Waals surface area contributed by atoms with Gasteiger partial charge in [0, 0.05) is 11.6 Å². The molecule has 0 aliphatic rings. The maximum absolute atomic E-state index is 12.0. The molecular formula is C15H22Cl2N2O2. The molecule has 0 radical (unpaired) electrons. The average Bonchev–Trinajstić information content (AvgIpc) is 2.39. The van der Waals surface area contributed by atoms with Gasteiger partial charge in [-0.15, -0.1) is 0 Å². The second-order valence-electron chi connectivity index (χ2n) is 5.31. The molecule has 21 heavy (non-hydrogen) atoms. The van der Waals surface area contributed by atoms with Crippen molar-refractivity contribution >= 4 is 29.1 Å². The van der Waals surface area contributed by atoms with Crippen LogP contribution in [-0.2, 0) is 11.2 Å². The van der Waals surface area contributed by atoms with E-state index in [1.54, 1.807) is 19.1 Å². The number of ether oxygens (including phenoxy) is 1. The van der Waals surface area contributed by atoms with E-state index in [0.29, 0.717) is 41.2 Å². The van der Waals surface area contributed by atoms with Crippen LogP contribution >= 0.6 is 23.2 Å². The quantitative estimate of drug-likeness (QED) is 0.806. The Kier molecular flexibility index (Phi) is 7.29. The van der Waals surface area contributed by atoms with Crippen LogP contribution in [0.1, 0.15) is 26.3 Å². The Hall–Kier alpha value is -0.970. The topological polar surface area (TPSA) is 64.3 Å². The Morgan fingerprint density at radius 1 is 1.33 bits per heavy atom. The van der Waals surface area contributed by atoms with Crippen molar-refractivity contribution in [2.75, 3.05) is 13.1 Å². The minimum Gasteiger partial charge on any atom is -0.479 e. The molecule has 6 heteroatoms. The third-order valence-corrected chi connectivity index (χ3v) is 3.35. The third-order valence-electron chi connectivity index (χ3n) is 2.85. The molecule has 1 unspecified atom stereocenters. The highest BCUT2D eigenvalue weighted by Gasteiger charge is 2.19. The van der Waals surface area contributed by atoms with Gasteiger partial charge in [0.2, 0.25) is 0 Å². The summed E-state index contributed by atoms with van der Waals surface area (Å²) >= 11 is 12.1. The van der Waals surface area contributed by atoms with Crippen molar-refractivity contribution in [2.45, 2.75) is 33.3 Å². The van der Waals surface area contributed by atoms with Crippen LogP contribution in [0.5, 0.6) is 5.75 Å². The zero-order chi connectivity index (χ0) is 16.0. The van der Waals surface area contributed by atoms with Gasteiger partial charge < -0.3 is 15.8 Å². The highest BCUT2D eigenvalue weighted by Crippen LogP contribution is 2.33. The number of hydrogen-bond donors (Lipinski definition) is 2. The number of rotatable bonds is 7. The van der Waals surface area contributed by atoms with Crippen molar-refractivity contribution in [2.24, 2.45) is 11.7 Å². The molecule has 0 saturated heterocycles. The Morgan fingerprint density at radius 2 is 2.00 bits per heavy atom. The predicted octanol–water partition coefficient (Wildman–Crippen LogP) is 3.03. The number of nitrogens with one attached hydrogen (secondary N) is 1. The van der Waals surface area contributed by atoms with Gasteiger partial charge in [-0.1, -0.05) is 37.0 Å². The fourth-order valence-electron chi connectivity index (χ4n) is 1.77. The van der Waals surface area contributed by atoms with Gasteiger partial charge in [-0.25, -0.2) is 0 Å². The molecule has 118 valence electrons. The van der Waals surface area contributed by atoms with Crippen LogP contribution in [0.25, 0.3) is 0 Å². The minimum atomic E-state index is -0.640. The van der Waals surface area contributed by atoms with Crippen molar-refractivity contribution in [1.29, 1.82) is 0 Å². The number of benzene rings is 1. The maximum Gasteiger partial charge on any atom is 0.260 e. The van der Waals surface area contributed by atoms with Gasteiger partial charge in [0.15, 0.2) is 6.10 Å². The van der Waals surface area contributed by atoms with Crippen molar-refractivity contribution in [1.82, 2.24) is 5.32 Å². The third kappa shape index (κ3) is 5.73. The van der Waals surface area contributed by atoms with E-state index in [9.17, 15) is 4.79 Å². The van der Waals surface area contributed by atoms with E-state index in [0.717, 1.165) is 5.56 Å². The molecule has 4 nitrogen and oxygen atoms in total.